The molecule has 4 rings (SSSR count). The van der Waals surface area contributed by atoms with Gasteiger partial charge in [0.25, 0.3) is 5.91 Å². The number of anilines is 1. The molecule has 0 saturated carbocycles. The molecule has 146 valence electrons. The van der Waals surface area contributed by atoms with Crippen LogP contribution in [0.5, 0.6) is 0 Å². The van der Waals surface area contributed by atoms with Crippen LogP contribution in [-0.2, 0) is 22.4 Å². The first-order valence-electron chi connectivity index (χ1n) is 9.90. The van der Waals surface area contributed by atoms with Crippen LogP contribution in [0.15, 0.2) is 72.8 Å². The quantitative estimate of drug-likeness (QED) is 0.627. The maximum absolute atomic E-state index is 12.7. The summed E-state index contributed by atoms with van der Waals surface area (Å²) in [6.07, 6.45) is 2.26. The second-order valence-electron chi connectivity index (χ2n) is 7.29. The number of esters is 1. The second-order valence-corrected chi connectivity index (χ2v) is 7.29. The van der Waals surface area contributed by atoms with Crippen molar-refractivity contribution in [1.82, 2.24) is 0 Å². The maximum Gasteiger partial charge on any atom is 0.338 e. The van der Waals surface area contributed by atoms with Gasteiger partial charge in [-0.05, 0) is 61.1 Å². The van der Waals surface area contributed by atoms with Gasteiger partial charge in [-0.15, -0.1) is 0 Å². The molecule has 0 unspecified atom stereocenters. The van der Waals surface area contributed by atoms with E-state index in [1.54, 1.807) is 13.0 Å². The number of hydrogen-bond donors (Lipinski definition) is 1. The minimum Gasteiger partial charge on any atom is -0.449 e. The average molecular weight is 385 g/mol. The summed E-state index contributed by atoms with van der Waals surface area (Å²) in [6.45, 7) is 1.59. The zero-order chi connectivity index (χ0) is 20.2. The van der Waals surface area contributed by atoms with E-state index in [4.69, 9.17) is 4.74 Å². The fourth-order valence-electron chi connectivity index (χ4n) is 3.68. The summed E-state index contributed by atoms with van der Waals surface area (Å²) in [5.41, 5.74) is 5.60. The van der Waals surface area contributed by atoms with Crippen molar-refractivity contribution in [2.45, 2.75) is 32.3 Å². The lowest BCUT2D eigenvalue weighted by Crippen LogP contribution is -2.30. The zero-order valence-corrected chi connectivity index (χ0v) is 16.4. The van der Waals surface area contributed by atoms with Gasteiger partial charge in [0, 0.05) is 11.3 Å². The van der Waals surface area contributed by atoms with E-state index in [9.17, 15) is 9.59 Å². The highest BCUT2D eigenvalue weighted by Crippen LogP contribution is 2.28. The van der Waals surface area contributed by atoms with Crippen molar-refractivity contribution < 1.29 is 14.3 Å². The Morgan fingerprint density at radius 3 is 2.45 bits per heavy atom. The number of para-hydroxylation sites is 1. The fraction of sp³-hybridized carbons (Fsp3) is 0.200. The van der Waals surface area contributed by atoms with E-state index in [-0.39, 0.29) is 5.91 Å². The zero-order valence-electron chi connectivity index (χ0n) is 16.4. The lowest BCUT2D eigenvalue weighted by molar-refractivity contribution is -0.123. The van der Waals surface area contributed by atoms with Crippen molar-refractivity contribution >= 4 is 17.6 Å². The SMILES string of the molecule is C[C@@H](OC(=O)c1ccc2c(c1)CCC2)C(=O)Nc1ccccc1-c1ccccc1. The van der Waals surface area contributed by atoms with E-state index in [1.165, 1.54) is 11.1 Å². The lowest BCUT2D eigenvalue weighted by atomic mass is 10.0. The van der Waals surface area contributed by atoms with Gasteiger partial charge >= 0.3 is 5.97 Å². The third kappa shape index (κ3) is 4.21. The van der Waals surface area contributed by atoms with Gasteiger partial charge in [0.2, 0.25) is 0 Å². The highest BCUT2D eigenvalue weighted by atomic mass is 16.5. The summed E-state index contributed by atoms with van der Waals surface area (Å²) in [4.78, 5) is 25.2. The Balaban J connectivity index is 1.45. The van der Waals surface area contributed by atoms with E-state index >= 15 is 0 Å². The molecule has 3 aromatic rings. The summed E-state index contributed by atoms with van der Waals surface area (Å²) < 4.78 is 5.42. The van der Waals surface area contributed by atoms with Gasteiger partial charge in [-0.25, -0.2) is 4.79 Å². The maximum atomic E-state index is 12.7. The van der Waals surface area contributed by atoms with Crippen molar-refractivity contribution in [3.8, 4) is 11.1 Å². The summed E-state index contributed by atoms with van der Waals surface area (Å²) in [5, 5.41) is 2.89. The Morgan fingerprint density at radius 2 is 1.62 bits per heavy atom. The number of fused-ring (bicyclic) bond motifs is 1. The van der Waals surface area contributed by atoms with Crippen molar-refractivity contribution in [1.29, 1.82) is 0 Å². The molecule has 1 aliphatic carbocycles. The van der Waals surface area contributed by atoms with Crippen molar-refractivity contribution in [2.24, 2.45) is 0 Å². The number of hydrogen-bond acceptors (Lipinski definition) is 3. The number of carbonyl (C=O) groups is 2. The number of aryl methyl sites for hydroxylation is 2. The largest absolute Gasteiger partial charge is 0.449 e. The number of rotatable bonds is 5. The predicted octanol–water partition coefficient (Wildman–Crippen LogP) is 5.03. The topological polar surface area (TPSA) is 55.4 Å². The molecule has 0 radical (unpaired) electrons. The van der Waals surface area contributed by atoms with Gasteiger partial charge in [-0.3, -0.25) is 4.79 Å². The van der Waals surface area contributed by atoms with Crippen LogP contribution in [-0.4, -0.2) is 18.0 Å². The second kappa shape index (κ2) is 8.31. The van der Waals surface area contributed by atoms with Gasteiger partial charge in [-0.2, -0.15) is 0 Å². The lowest BCUT2D eigenvalue weighted by Gasteiger charge is -2.16. The molecule has 1 atom stereocenters. The molecule has 29 heavy (non-hydrogen) atoms. The number of nitrogens with one attached hydrogen (secondary N) is 1. The monoisotopic (exact) mass is 385 g/mol. The minimum atomic E-state index is -0.903. The molecule has 0 heterocycles. The van der Waals surface area contributed by atoms with E-state index in [0.717, 1.165) is 30.4 Å². The Labute approximate surface area is 170 Å². The third-order valence-electron chi connectivity index (χ3n) is 5.26. The van der Waals surface area contributed by atoms with E-state index < -0.39 is 12.1 Å². The van der Waals surface area contributed by atoms with Gasteiger partial charge in [-0.1, -0.05) is 54.6 Å². The Morgan fingerprint density at radius 1 is 0.897 bits per heavy atom. The molecule has 0 aromatic heterocycles. The average Bonchev–Trinajstić information content (AvgIpc) is 3.22. The molecule has 1 N–H and O–H groups in total. The highest BCUT2D eigenvalue weighted by molar-refractivity contribution is 6.00. The first-order valence-corrected chi connectivity index (χ1v) is 9.90. The van der Waals surface area contributed by atoms with Crippen LogP contribution in [0.2, 0.25) is 0 Å². The van der Waals surface area contributed by atoms with Crippen LogP contribution in [0.1, 0.15) is 34.8 Å². The summed E-state index contributed by atoms with van der Waals surface area (Å²) in [5.74, 6) is -0.832. The van der Waals surface area contributed by atoms with Crippen LogP contribution in [0.4, 0.5) is 5.69 Å². The fourth-order valence-corrected chi connectivity index (χ4v) is 3.68. The molecule has 1 amide bonds. The normalized spacial score (nSPS) is 13.4. The molecule has 0 saturated heterocycles. The van der Waals surface area contributed by atoms with Gasteiger partial charge in [0.15, 0.2) is 6.10 Å². The minimum absolute atomic E-state index is 0.358. The molecule has 4 nitrogen and oxygen atoms in total. The first-order chi connectivity index (χ1) is 14.1. The van der Waals surface area contributed by atoms with Crippen LogP contribution in [0, 0.1) is 0 Å². The molecule has 1 aliphatic rings. The van der Waals surface area contributed by atoms with Crippen LogP contribution in [0.3, 0.4) is 0 Å². The van der Waals surface area contributed by atoms with E-state index in [2.05, 4.69) is 5.32 Å². The van der Waals surface area contributed by atoms with Crippen molar-refractivity contribution in [3.05, 3.63) is 89.5 Å². The van der Waals surface area contributed by atoms with Crippen molar-refractivity contribution in [3.63, 3.8) is 0 Å². The molecule has 0 fully saturated rings. The molecule has 0 bridgehead atoms. The molecule has 4 heteroatoms. The Kier molecular flexibility index (Phi) is 5.43. The highest BCUT2D eigenvalue weighted by Gasteiger charge is 2.21. The third-order valence-corrected chi connectivity index (χ3v) is 5.26. The summed E-state index contributed by atoms with van der Waals surface area (Å²) in [7, 11) is 0. The Hall–Kier alpha value is -3.40. The summed E-state index contributed by atoms with van der Waals surface area (Å²) in [6, 6.07) is 23.1. The molecular formula is C25H23NO3. The molecule has 3 aromatic carbocycles. The van der Waals surface area contributed by atoms with Crippen LogP contribution >= 0.6 is 0 Å². The molecule has 0 aliphatic heterocycles. The Bertz CT molecular complexity index is 1040. The number of benzene rings is 3. The predicted molar refractivity (Wildman–Crippen MR) is 114 cm³/mol. The smallest absolute Gasteiger partial charge is 0.338 e. The standard InChI is InChI=1S/C25H23NO3/c1-17(29-25(28)21-15-14-18-10-7-11-20(18)16-21)24(27)26-23-13-6-5-12-22(23)19-8-3-2-4-9-19/h2-6,8-9,12-17H,7,10-11H2,1H3,(H,26,27)/t17-/m1/s1. The molecular weight excluding hydrogens is 362 g/mol. The van der Waals surface area contributed by atoms with E-state index in [1.807, 2.05) is 66.7 Å². The van der Waals surface area contributed by atoms with Crippen LogP contribution in [0.25, 0.3) is 11.1 Å². The van der Waals surface area contributed by atoms with Crippen LogP contribution < -0.4 is 5.32 Å². The number of carbonyl (C=O) groups excluding carboxylic acids is 2. The number of amides is 1. The summed E-state index contributed by atoms with van der Waals surface area (Å²) >= 11 is 0. The van der Waals surface area contributed by atoms with Gasteiger partial charge in [0.1, 0.15) is 0 Å². The van der Waals surface area contributed by atoms with Gasteiger partial charge in [0.05, 0.1) is 5.56 Å². The van der Waals surface area contributed by atoms with Crippen molar-refractivity contribution in [2.75, 3.05) is 5.32 Å². The van der Waals surface area contributed by atoms with E-state index in [0.29, 0.717) is 11.3 Å². The first kappa shape index (κ1) is 18.9. The molecule has 0 spiro atoms. The number of ether oxygens (including phenoxy) is 1. The van der Waals surface area contributed by atoms with Gasteiger partial charge < -0.3 is 10.1 Å².